The smallest absolute Gasteiger partial charge is 0.407 e. The number of rotatable bonds is 5. The molecule has 0 aromatic heterocycles. The normalized spacial score (nSPS) is 42.7. The predicted molar refractivity (Wildman–Crippen MR) is 176 cm³/mol. The van der Waals surface area contributed by atoms with Crippen LogP contribution in [0, 0.1) is 51.2 Å². The van der Waals surface area contributed by atoms with Gasteiger partial charge in [0, 0.05) is 18.8 Å². The highest BCUT2D eigenvalue weighted by atomic mass is 16.6. The van der Waals surface area contributed by atoms with Crippen LogP contribution in [0.2, 0.25) is 0 Å². The van der Waals surface area contributed by atoms with Crippen molar-refractivity contribution in [1.29, 1.82) is 0 Å². The third-order valence-electron chi connectivity index (χ3n) is 15.2. The van der Waals surface area contributed by atoms with E-state index in [1.807, 2.05) is 0 Å². The van der Waals surface area contributed by atoms with E-state index in [4.69, 9.17) is 9.47 Å². The standard InChI is InChI=1S/C39H61NO5/c1-24(2)32-28(42)22-39(40-34(43)44-23-26-12-10-9-11-13-26)21-20-37(7)27(33(32)39)14-15-30-36(6)18-17-31(45-25(3)41)35(4,5)29(36)16-19-38(30,37)8/h24,26-27,29-31H,9-23H2,1-8H3,(H,40,43)/t27?,29?,30?,31-,36-,37+,38+,39+/m0/s1. The molecular weight excluding hydrogens is 562 g/mol. The van der Waals surface area contributed by atoms with Gasteiger partial charge in [-0.2, -0.15) is 0 Å². The van der Waals surface area contributed by atoms with Gasteiger partial charge in [-0.1, -0.05) is 67.7 Å². The first-order valence-corrected chi connectivity index (χ1v) is 18.5. The summed E-state index contributed by atoms with van der Waals surface area (Å²) in [6.45, 7) is 18.7. The Morgan fingerprint density at radius 1 is 0.844 bits per heavy atom. The minimum atomic E-state index is -0.612. The van der Waals surface area contributed by atoms with E-state index in [9.17, 15) is 14.4 Å². The number of esters is 1. The van der Waals surface area contributed by atoms with Crippen molar-refractivity contribution in [2.45, 2.75) is 157 Å². The molecule has 5 fully saturated rings. The summed E-state index contributed by atoms with van der Waals surface area (Å²) in [6.07, 6.45) is 14.4. The molecule has 0 bridgehead atoms. The van der Waals surface area contributed by atoms with Crippen LogP contribution in [0.4, 0.5) is 4.79 Å². The first-order chi connectivity index (χ1) is 21.1. The molecule has 0 aliphatic heterocycles. The summed E-state index contributed by atoms with van der Waals surface area (Å²) in [6, 6.07) is 0. The van der Waals surface area contributed by atoms with Crippen LogP contribution in [0.1, 0.15) is 145 Å². The number of amides is 1. The van der Waals surface area contributed by atoms with Gasteiger partial charge >= 0.3 is 12.1 Å². The van der Waals surface area contributed by atoms with Gasteiger partial charge in [0.1, 0.15) is 6.10 Å². The maximum Gasteiger partial charge on any atom is 0.407 e. The number of fused-ring (bicyclic) bond motifs is 7. The highest BCUT2D eigenvalue weighted by Crippen LogP contribution is 2.75. The Morgan fingerprint density at radius 2 is 1.56 bits per heavy atom. The number of carbonyl (C=O) groups is 3. The van der Waals surface area contributed by atoms with Crippen LogP contribution in [0.3, 0.4) is 0 Å². The molecule has 6 heteroatoms. The van der Waals surface area contributed by atoms with Crippen LogP contribution >= 0.6 is 0 Å². The summed E-state index contributed by atoms with van der Waals surface area (Å²) in [5.41, 5.74) is 1.92. The molecule has 0 heterocycles. The lowest BCUT2D eigenvalue weighted by Crippen LogP contribution is -2.67. The average molecular weight is 624 g/mol. The van der Waals surface area contributed by atoms with Crippen molar-refractivity contribution < 1.29 is 23.9 Å². The number of alkyl carbamates (subject to hydrolysis) is 1. The number of ketones is 1. The molecule has 6 nitrogen and oxygen atoms in total. The lowest BCUT2D eigenvalue weighted by atomic mass is 9.33. The molecule has 6 aliphatic carbocycles. The fourth-order valence-corrected chi connectivity index (χ4v) is 12.9. The molecule has 8 atom stereocenters. The van der Waals surface area contributed by atoms with Gasteiger partial charge in [-0.05, 0) is 121 Å². The monoisotopic (exact) mass is 623 g/mol. The molecule has 0 radical (unpaired) electrons. The highest BCUT2D eigenvalue weighted by Gasteiger charge is 2.70. The van der Waals surface area contributed by atoms with Gasteiger partial charge in [0.05, 0.1) is 12.1 Å². The molecule has 6 aliphatic rings. The Labute approximate surface area is 272 Å². The van der Waals surface area contributed by atoms with E-state index >= 15 is 0 Å². The van der Waals surface area contributed by atoms with Crippen molar-refractivity contribution in [2.75, 3.05) is 6.61 Å². The average Bonchev–Trinajstić information content (AvgIpc) is 3.26. The molecule has 45 heavy (non-hydrogen) atoms. The van der Waals surface area contributed by atoms with Gasteiger partial charge in [0.15, 0.2) is 5.78 Å². The zero-order valence-corrected chi connectivity index (χ0v) is 29.6. The van der Waals surface area contributed by atoms with Gasteiger partial charge in [-0.15, -0.1) is 0 Å². The molecule has 0 spiro atoms. The Kier molecular flexibility index (Phi) is 8.37. The van der Waals surface area contributed by atoms with Crippen LogP contribution in [-0.4, -0.2) is 36.1 Å². The van der Waals surface area contributed by atoms with Crippen molar-refractivity contribution in [3.63, 3.8) is 0 Å². The Balaban J connectivity index is 1.30. The lowest BCUT2D eigenvalue weighted by Gasteiger charge is -2.72. The number of hydrogen-bond acceptors (Lipinski definition) is 5. The van der Waals surface area contributed by atoms with Crippen molar-refractivity contribution >= 4 is 17.8 Å². The first-order valence-electron chi connectivity index (χ1n) is 18.5. The minimum absolute atomic E-state index is 0.0214. The van der Waals surface area contributed by atoms with E-state index in [2.05, 4.69) is 53.8 Å². The van der Waals surface area contributed by atoms with Crippen LogP contribution < -0.4 is 5.32 Å². The Morgan fingerprint density at radius 3 is 2.22 bits per heavy atom. The van der Waals surface area contributed by atoms with Crippen LogP contribution in [-0.2, 0) is 19.1 Å². The van der Waals surface area contributed by atoms with Crippen LogP contribution in [0.25, 0.3) is 0 Å². The molecule has 0 saturated heterocycles. The summed E-state index contributed by atoms with van der Waals surface area (Å²) in [7, 11) is 0. The van der Waals surface area contributed by atoms with Gasteiger partial charge < -0.3 is 14.8 Å². The van der Waals surface area contributed by atoms with E-state index < -0.39 is 5.54 Å². The van der Waals surface area contributed by atoms with Crippen molar-refractivity contribution in [3.05, 3.63) is 11.1 Å². The zero-order valence-electron chi connectivity index (χ0n) is 29.6. The molecule has 6 rings (SSSR count). The van der Waals surface area contributed by atoms with Gasteiger partial charge in [0.25, 0.3) is 0 Å². The molecule has 1 N–H and O–H groups in total. The van der Waals surface area contributed by atoms with E-state index in [1.165, 1.54) is 24.8 Å². The van der Waals surface area contributed by atoms with E-state index in [1.54, 1.807) is 6.92 Å². The third-order valence-corrected chi connectivity index (χ3v) is 15.2. The molecule has 3 unspecified atom stereocenters. The van der Waals surface area contributed by atoms with E-state index in [0.29, 0.717) is 30.8 Å². The van der Waals surface area contributed by atoms with Crippen molar-refractivity contribution in [2.24, 2.45) is 51.2 Å². The second-order valence-electron chi connectivity index (χ2n) is 18.0. The summed E-state index contributed by atoms with van der Waals surface area (Å²) in [5, 5.41) is 3.39. The largest absolute Gasteiger partial charge is 0.462 e. The summed E-state index contributed by atoms with van der Waals surface area (Å²) in [5.74, 6) is 2.01. The number of allylic oxidation sites excluding steroid dienone is 1. The topological polar surface area (TPSA) is 81.7 Å². The fourth-order valence-electron chi connectivity index (χ4n) is 12.9. The summed E-state index contributed by atoms with van der Waals surface area (Å²) >= 11 is 0. The van der Waals surface area contributed by atoms with Crippen LogP contribution in [0.15, 0.2) is 11.1 Å². The number of Topliss-reactive ketones (excluding diaryl/α,β-unsaturated/α-hetero) is 1. The third kappa shape index (κ3) is 5.04. The second-order valence-corrected chi connectivity index (χ2v) is 18.0. The maximum absolute atomic E-state index is 13.8. The van der Waals surface area contributed by atoms with Gasteiger partial charge in [-0.25, -0.2) is 4.79 Å². The molecule has 252 valence electrons. The number of ether oxygens (including phenoxy) is 2. The number of nitrogens with one attached hydrogen (secondary N) is 1. The predicted octanol–water partition coefficient (Wildman–Crippen LogP) is 8.96. The molecular formula is C39H61NO5. The SMILES string of the molecule is CC(=O)O[C@H]1CC[C@@]2(C)C(CC[C@]3(C)C2CCC2C4=C(C(C)C)C(=O)C[C@]4(NC(=O)OCC4CCCCC4)CC[C@]23C)C1(C)C. The van der Waals surface area contributed by atoms with Gasteiger partial charge in [-0.3, -0.25) is 9.59 Å². The van der Waals surface area contributed by atoms with Crippen LogP contribution in [0.5, 0.6) is 0 Å². The molecule has 5 saturated carbocycles. The fraction of sp³-hybridized carbons (Fsp3) is 0.872. The van der Waals surface area contributed by atoms with Crippen molar-refractivity contribution in [1.82, 2.24) is 5.32 Å². The Bertz CT molecular complexity index is 1250. The van der Waals surface area contributed by atoms with Gasteiger partial charge in [0.2, 0.25) is 0 Å². The number of carbonyl (C=O) groups excluding carboxylic acids is 3. The first kappa shape index (κ1) is 33.1. The Hall–Kier alpha value is -1.85. The molecule has 0 aromatic rings. The van der Waals surface area contributed by atoms with E-state index in [-0.39, 0.29) is 57.4 Å². The summed E-state index contributed by atoms with van der Waals surface area (Å²) in [4.78, 5) is 39.3. The zero-order chi connectivity index (χ0) is 32.6. The lowest BCUT2D eigenvalue weighted by molar-refractivity contribution is -0.231. The quantitative estimate of drug-likeness (QED) is 0.309. The highest BCUT2D eigenvalue weighted by molar-refractivity contribution is 6.02. The van der Waals surface area contributed by atoms with E-state index in [0.717, 1.165) is 69.8 Å². The molecule has 1 amide bonds. The van der Waals surface area contributed by atoms with Crippen molar-refractivity contribution in [3.8, 4) is 0 Å². The maximum atomic E-state index is 13.8. The second kappa shape index (κ2) is 11.4. The minimum Gasteiger partial charge on any atom is -0.462 e. The number of hydrogen-bond donors (Lipinski definition) is 1. The molecule has 0 aromatic carbocycles. The summed E-state index contributed by atoms with van der Waals surface area (Å²) < 4.78 is 11.8.